The van der Waals surface area contributed by atoms with E-state index in [2.05, 4.69) is 24.8 Å². The summed E-state index contributed by atoms with van der Waals surface area (Å²) in [5.74, 6) is -0.726. The lowest BCUT2D eigenvalue weighted by Crippen LogP contribution is -2.16. The molecule has 0 aliphatic heterocycles. The van der Waals surface area contributed by atoms with Gasteiger partial charge in [-0.2, -0.15) is 0 Å². The zero-order chi connectivity index (χ0) is 22.8. The lowest BCUT2D eigenvalue weighted by Gasteiger charge is -2.19. The first-order chi connectivity index (χ1) is 14.8. The van der Waals surface area contributed by atoms with Crippen molar-refractivity contribution in [2.24, 2.45) is 11.8 Å². The van der Waals surface area contributed by atoms with Crippen molar-refractivity contribution in [1.82, 2.24) is 0 Å². The molecular weight excluding hydrogens is 428 g/mol. The molecule has 0 aromatic heterocycles. The zero-order valence-electron chi connectivity index (χ0n) is 17.3. The van der Waals surface area contributed by atoms with E-state index in [4.69, 9.17) is 17.3 Å². The number of thiol groups is 1. The highest BCUT2D eigenvalue weighted by atomic mass is 32.1. The first-order valence-electron chi connectivity index (χ1n) is 9.94. The SMILES string of the molecule is CC(/C=C/C(=O)CC(CC1C=CC=CC1)C(=S)S)=C\C=C(/O)c1ccc(C(=O)O)cc1. The summed E-state index contributed by atoms with van der Waals surface area (Å²) in [6, 6.07) is 5.93. The number of aliphatic hydroxyl groups excluding tert-OH is 1. The maximum Gasteiger partial charge on any atom is 0.335 e. The second-order valence-corrected chi connectivity index (χ2v) is 8.65. The zero-order valence-corrected chi connectivity index (χ0v) is 19.0. The number of aliphatic hydroxyl groups is 1. The standard InChI is InChI=1S/C25H26O4S2/c1-17(8-14-23(27)19-9-11-20(12-10-19)24(28)29)7-13-22(26)16-21(25(30)31)15-18-5-3-2-4-6-18/h2-5,7-14,18,21,27H,6,15-16H2,1H3,(H,28,29)(H,30,31)/b13-7+,17-8+,23-14-. The van der Waals surface area contributed by atoms with E-state index in [9.17, 15) is 14.7 Å². The molecule has 0 fully saturated rings. The normalized spacial score (nSPS) is 17.7. The number of benzene rings is 1. The lowest BCUT2D eigenvalue weighted by molar-refractivity contribution is -0.115. The second-order valence-electron chi connectivity index (χ2n) is 7.43. The Hall–Kier alpha value is -2.70. The van der Waals surface area contributed by atoms with Crippen LogP contribution in [-0.4, -0.2) is 26.2 Å². The number of carbonyl (C=O) groups excluding carboxylic acids is 1. The van der Waals surface area contributed by atoms with Crippen molar-refractivity contribution in [3.05, 3.63) is 89.6 Å². The van der Waals surface area contributed by atoms with Crippen molar-refractivity contribution in [2.45, 2.75) is 26.2 Å². The van der Waals surface area contributed by atoms with Crippen molar-refractivity contribution in [2.75, 3.05) is 0 Å². The average Bonchev–Trinajstić information content (AvgIpc) is 2.76. The highest BCUT2D eigenvalue weighted by Gasteiger charge is 2.19. The fraction of sp³-hybridized carbons (Fsp3) is 0.240. The van der Waals surface area contributed by atoms with E-state index in [0.29, 0.717) is 22.1 Å². The molecule has 1 aromatic carbocycles. The molecular formula is C25H26O4S2. The molecule has 6 heteroatoms. The van der Waals surface area contributed by atoms with Crippen LogP contribution in [0.15, 0.2) is 78.4 Å². The van der Waals surface area contributed by atoms with Gasteiger partial charge in [0.25, 0.3) is 0 Å². The van der Waals surface area contributed by atoms with E-state index in [1.807, 2.05) is 19.1 Å². The molecule has 31 heavy (non-hydrogen) atoms. The largest absolute Gasteiger partial charge is 0.507 e. The van der Waals surface area contributed by atoms with Crippen LogP contribution >= 0.6 is 24.8 Å². The molecule has 162 valence electrons. The maximum atomic E-state index is 12.4. The molecule has 0 bridgehead atoms. The van der Waals surface area contributed by atoms with Crippen LogP contribution in [0.4, 0.5) is 0 Å². The summed E-state index contributed by atoms with van der Waals surface area (Å²) < 4.78 is 0.554. The number of thiocarbonyl (C=S) groups is 1. The number of hydrogen-bond donors (Lipinski definition) is 3. The molecule has 1 aromatic rings. The lowest BCUT2D eigenvalue weighted by atomic mass is 9.88. The van der Waals surface area contributed by atoms with Gasteiger partial charge >= 0.3 is 5.97 Å². The number of carbonyl (C=O) groups is 2. The van der Waals surface area contributed by atoms with Gasteiger partial charge in [-0.25, -0.2) is 4.79 Å². The van der Waals surface area contributed by atoms with E-state index < -0.39 is 5.97 Å². The summed E-state index contributed by atoms with van der Waals surface area (Å²) >= 11 is 9.56. The van der Waals surface area contributed by atoms with E-state index in [1.54, 1.807) is 12.2 Å². The van der Waals surface area contributed by atoms with Gasteiger partial charge in [0, 0.05) is 22.1 Å². The third-order valence-electron chi connectivity index (χ3n) is 4.92. The van der Waals surface area contributed by atoms with Crippen LogP contribution in [0.1, 0.15) is 42.1 Å². The molecule has 0 radical (unpaired) electrons. The van der Waals surface area contributed by atoms with Gasteiger partial charge in [-0.3, -0.25) is 4.79 Å². The van der Waals surface area contributed by atoms with Gasteiger partial charge in [-0.15, -0.1) is 12.6 Å². The van der Waals surface area contributed by atoms with Gasteiger partial charge in [-0.1, -0.05) is 66.4 Å². The summed E-state index contributed by atoms with van der Waals surface area (Å²) in [6.07, 6.45) is 16.8. The van der Waals surface area contributed by atoms with Crippen LogP contribution < -0.4 is 0 Å². The number of carboxylic acids is 1. The number of allylic oxidation sites excluding steroid dienone is 9. The Morgan fingerprint density at radius 2 is 1.81 bits per heavy atom. The van der Waals surface area contributed by atoms with E-state index >= 15 is 0 Å². The monoisotopic (exact) mass is 454 g/mol. The summed E-state index contributed by atoms with van der Waals surface area (Å²) in [7, 11) is 0. The minimum atomic E-state index is -1.02. The van der Waals surface area contributed by atoms with Gasteiger partial charge < -0.3 is 10.2 Å². The topological polar surface area (TPSA) is 74.6 Å². The fourth-order valence-electron chi connectivity index (χ4n) is 3.12. The Balaban J connectivity index is 1.94. The maximum absolute atomic E-state index is 12.4. The second kappa shape index (κ2) is 12.2. The Morgan fingerprint density at radius 3 is 2.39 bits per heavy atom. The highest BCUT2D eigenvalue weighted by Crippen LogP contribution is 2.25. The van der Waals surface area contributed by atoms with Crippen LogP contribution in [0.25, 0.3) is 5.76 Å². The summed E-state index contributed by atoms with van der Waals surface area (Å²) in [5, 5.41) is 19.1. The van der Waals surface area contributed by atoms with E-state index in [0.717, 1.165) is 18.4 Å². The quantitative estimate of drug-likeness (QED) is 0.130. The molecule has 2 N–H and O–H groups in total. The minimum absolute atomic E-state index is 0.00564. The molecule has 0 amide bonds. The van der Waals surface area contributed by atoms with Crippen LogP contribution in [0, 0.1) is 11.8 Å². The van der Waals surface area contributed by atoms with Crippen LogP contribution in [0.3, 0.4) is 0 Å². The van der Waals surface area contributed by atoms with Gasteiger partial charge in [0.15, 0.2) is 5.78 Å². The first kappa shape index (κ1) is 24.6. The molecule has 0 heterocycles. The van der Waals surface area contributed by atoms with Crippen molar-refractivity contribution in [3.63, 3.8) is 0 Å². The van der Waals surface area contributed by atoms with Gasteiger partial charge in [0.2, 0.25) is 0 Å². The van der Waals surface area contributed by atoms with Crippen LogP contribution in [0.2, 0.25) is 0 Å². The molecule has 4 nitrogen and oxygen atoms in total. The van der Waals surface area contributed by atoms with Crippen LogP contribution in [-0.2, 0) is 4.79 Å². The van der Waals surface area contributed by atoms with Crippen molar-refractivity contribution < 1.29 is 19.8 Å². The summed E-state index contributed by atoms with van der Waals surface area (Å²) in [4.78, 5) is 23.3. The van der Waals surface area contributed by atoms with Crippen molar-refractivity contribution in [3.8, 4) is 0 Å². The van der Waals surface area contributed by atoms with Gasteiger partial charge in [-0.05, 0) is 50.0 Å². The third kappa shape index (κ3) is 8.52. The third-order valence-corrected chi connectivity index (χ3v) is 5.62. The average molecular weight is 455 g/mol. The number of ketones is 1. The smallest absolute Gasteiger partial charge is 0.335 e. The Morgan fingerprint density at radius 1 is 1.13 bits per heavy atom. The molecule has 0 saturated heterocycles. The number of aromatic carboxylic acids is 1. The number of rotatable bonds is 10. The van der Waals surface area contributed by atoms with E-state index in [1.165, 1.54) is 36.4 Å². The van der Waals surface area contributed by atoms with Crippen LogP contribution in [0.5, 0.6) is 0 Å². The molecule has 2 rings (SSSR count). The van der Waals surface area contributed by atoms with Gasteiger partial charge in [0.1, 0.15) is 5.76 Å². The minimum Gasteiger partial charge on any atom is -0.507 e. The van der Waals surface area contributed by atoms with Gasteiger partial charge in [0.05, 0.1) is 5.56 Å². The molecule has 0 saturated carbocycles. The Bertz CT molecular complexity index is 966. The molecule has 1 aliphatic carbocycles. The molecule has 2 unspecified atom stereocenters. The summed E-state index contributed by atoms with van der Waals surface area (Å²) in [5.41, 5.74) is 1.44. The van der Waals surface area contributed by atoms with Crippen molar-refractivity contribution in [1.29, 1.82) is 0 Å². The van der Waals surface area contributed by atoms with E-state index in [-0.39, 0.29) is 23.0 Å². The van der Waals surface area contributed by atoms with Crippen molar-refractivity contribution >= 4 is 46.6 Å². The first-order valence-corrected chi connectivity index (χ1v) is 10.8. The predicted octanol–water partition coefficient (Wildman–Crippen LogP) is 6.14. The Labute approximate surface area is 193 Å². The predicted molar refractivity (Wildman–Crippen MR) is 133 cm³/mol. The Kier molecular flexibility index (Phi) is 9.69. The molecule has 0 spiro atoms. The number of hydrogen-bond acceptors (Lipinski definition) is 4. The fourth-order valence-corrected chi connectivity index (χ4v) is 3.50. The summed E-state index contributed by atoms with van der Waals surface area (Å²) in [6.45, 7) is 1.82. The molecule has 1 aliphatic rings. The number of carboxylic acid groups (broad SMARTS) is 1. The molecule has 2 atom stereocenters. The highest BCUT2D eigenvalue weighted by molar-refractivity contribution is 8.11.